The summed E-state index contributed by atoms with van der Waals surface area (Å²) < 4.78 is 0. The number of guanidine groups is 1. The van der Waals surface area contributed by atoms with Gasteiger partial charge in [0.1, 0.15) is 16.9 Å². The highest BCUT2D eigenvalue weighted by Crippen LogP contribution is 2.31. The van der Waals surface area contributed by atoms with Crippen LogP contribution in [0.1, 0.15) is 18.4 Å². The normalized spacial score (nSPS) is 22.6. The van der Waals surface area contributed by atoms with Crippen LogP contribution < -0.4 is 38.8 Å². The van der Waals surface area contributed by atoms with E-state index >= 15 is 0 Å². The smallest absolute Gasteiger partial charge is 0.272 e. The first-order valence-corrected chi connectivity index (χ1v) is 12.3. The van der Waals surface area contributed by atoms with E-state index < -0.39 is 23.7 Å². The third-order valence-electron chi connectivity index (χ3n) is 6.70. The fourth-order valence-electron chi connectivity index (χ4n) is 4.67. The van der Waals surface area contributed by atoms with Crippen molar-refractivity contribution < 1.29 is 9.59 Å². The van der Waals surface area contributed by atoms with E-state index in [1.807, 2.05) is 12.1 Å². The minimum absolute atomic E-state index is 0.0118. The number of hydrazine groups is 1. The number of para-hydroxylation sites is 1. The summed E-state index contributed by atoms with van der Waals surface area (Å²) in [6.07, 6.45) is 0.0298. The highest BCUT2D eigenvalue weighted by molar-refractivity contribution is 6.45. The van der Waals surface area contributed by atoms with Crippen molar-refractivity contribution in [2.24, 2.45) is 43.2 Å². The van der Waals surface area contributed by atoms with E-state index in [0.29, 0.717) is 43.7 Å². The summed E-state index contributed by atoms with van der Waals surface area (Å²) in [6, 6.07) is 6.14. The highest BCUT2D eigenvalue weighted by atomic mass is 35.5. The molecular weight excluding hydrogens is 530 g/mol. The highest BCUT2D eigenvalue weighted by Gasteiger charge is 2.44. The maximum atomic E-state index is 13.1. The van der Waals surface area contributed by atoms with E-state index in [9.17, 15) is 9.59 Å². The van der Waals surface area contributed by atoms with Gasteiger partial charge in [0.2, 0.25) is 5.96 Å². The number of carbonyl (C=O) groups is 2. The molecule has 2 unspecified atom stereocenters. The van der Waals surface area contributed by atoms with Crippen LogP contribution in [0.4, 0.5) is 5.69 Å². The lowest BCUT2D eigenvalue weighted by atomic mass is 9.88. The molecule has 2 amide bonds. The molecule has 1 aromatic carbocycles. The number of benzene rings is 1. The lowest BCUT2D eigenvalue weighted by molar-refractivity contribution is -0.125. The Morgan fingerprint density at radius 3 is 2.59 bits per heavy atom. The zero-order valence-corrected chi connectivity index (χ0v) is 21.8. The van der Waals surface area contributed by atoms with Crippen LogP contribution >= 0.6 is 11.6 Å². The van der Waals surface area contributed by atoms with E-state index in [1.165, 1.54) is 5.01 Å². The Morgan fingerprint density at radius 1 is 1.21 bits per heavy atom. The number of nitrogens with one attached hydrogen (secondary N) is 5. The second-order valence-electron chi connectivity index (χ2n) is 9.06. The quantitative estimate of drug-likeness (QED) is 0.0699. The molecule has 1 fully saturated rings. The Labute approximate surface area is 228 Å². The van der Waals surface area contributed by atoms with Crippen molar-refractivity contribution in [3.8, 4) is 0 Å². The summed E-state index contributed by atoms with van der Waals surface area (Å²) in [5, 5.41) is 34.9. The number of likely N-dealkylation sites (tertiary alicyclic amines) is 1. The van der Waals surface area contributed by atoms with Crippen LogP contribution in [-0.2, 0) is 9.59 Å². The van der Waals surface area contributed by atoms with Crippen LogP contribution in [0.15, 0.2) is 60.9 Å². The molecule has 3 aliphatic heterocycles. The molecule has 0 bridgehead atoms. The Balaban J connectivity index is 1.41. The van der Waals surface area contributed by atoms with Crippen LogP contribution in [0.2, 0.25) is 0 Å². The van der Waals surface area contributed by atoms with Crippen LogP contribution in [0.25, 0.3) is 0 Å². The first-order chi connectivity index (χ1) is 18.7. The zero-order chi connectivity index (χ0) is 28.2. The fraction of sp³-hybridized carbons (Fsp3) is 0.429. The van der Waals surface area contributed by atoms with Gasteiger partial charge in [0.15, 0.2) is 12.0 Å². The average Bonchev–Trinajstić information content (AvgIpc) is 3.23. The molecular formula is C21H30ClN15O2. The molecule has 3 aliphatic rings. The van der Waals surface area contributed by atoms with E-state index in [-0.39, 0.29) is 28.6 Å². The van der Waals surface area contributed by atoms with E-state index in [2.05, 4.69) is 41.9 Å². The Hall–Kier alpha value is -4.51. The molecule has 11 N–H and O–H groups in total. The number of nitrogens with two attached hydrogens (primary N) is 3. The predicted octanol–water partition coefficient (Wildman–Crippen LogP) is -0.976. The van der Waals surface area contributed by atoms with E-state index in [0.717, 1.165) is 0 Å². The Kier molecular flexibility index (Phi) is 8.10. The van der Waals surface area contributed by atoms with Gasteiger partial charge in [-0.25, -0.2) is 10.8 Å². The second kappa shape index (κ2) is 11.5. The number of halogens is 1. The minimum Gasteiger partial charge on any atom is -0.388 e. The summed E-state index contributed by atoms with van der Waals surface area (Å²) >= 11 is 6.14. The lowest BCUT2D eigenvalue weighted by Crippen LogP contribution is -2.60. The van der Waals surface area contributed by atoms with Crippen molar-refractivity contribution >= 4 is 40.8 Å². The third-order valence-corrected chi connectivity index (χ3v) is 6.99. The largest absolute Gasteiger partial charge is 0.388 e. The average molecular weight is 560 g/mol. The zero-order valence-electron chi connectivity index (χ0n) is 21.1. The van der Waals surface area contributed by atoms with Crippen LogP contribution in [0.5, 0.6) is 0 Å². The van der Waals surface area contributed by atoms with Gasteiger partial charge in [0.25, 0.3) is 11.8 Å². The molecule has 17 nitrogen and oxygen atoms in total. The molecule has 1 saturated heterocycles. The van der Waals surface area contributed by atoms with Gasteiger partial charge in [-0.3, -0.25) is 25.3 Å². The molecule has 208 valence electrons. The molecule has 0 aromatic heterocycles. The second-order valence-corrected chi connectivity index (χ2v) is 9.44. The number of rotatable bonds is 6. The predicted molar refractivity (Wildman–Crippen MR) is 143 cm³/mol. The van der Waals surface area contributed by atoms with Gasteiger partial charge in [-0.1, -0.05) is 40.2 Å². The molecule has 3 heterocycles. The first-order valence-electron chi connectivity index (χ1n) is 11.9. The summed E-state index contributed by atoms with van der Waals surface area (Å²) in [6.45, 7) is 1.11. The van der Waals surface area contributed by atoms with Gasteiger partial charge in [-0.15, -0.1) is 10.2 Å². The first kappa shape index (κ1) is 27.5. The van der Waals surface area contributed by atoms with Crippen molar-refractivity contribution in [2.75, 3.05) is 32.0 Å². The molecule has 0 aliphatic carbocycles. The molecule has 39 heavy (non-hydrogen) atoms. The minimum atomic E-state index is -1.04. The number of hydrogen-bond donors (Lipinski definition) is 8. The van der Waals surface area contributed by atoms with Crippen molar-refractivity contribution in [1.82, 2.24) is 25.9 Å². The SMILES string of the molecule is CNc1ccccc1C(=N)C(=O)N1CCC2(CC1)CN(N)C(NC(=O)C1NC(Cl)=C(N=NN)NC1N=NN)=N2. The maximum absolute atomic E-state index is 13.1. The lowest BCUT2D eigenvalue weighted by Gasteiger charge is -2.37. The topological polar surface area (TPSA) is 252 Å². The Bertz CT molecular complexity index is 1250. The van der Waals surface area contributed by atoms with Gasteiger partial charge < -0.3 is 32.5 Å². The van der Waals surface area contributed by atoms with Crippen LogP contribution in [0.3, 0.4) is 0 Å². The number of piperidine rings is 1. The summed E-state index contributed by atoms with van der Waals surface area (Å²) in [7, 11) is 1.74. The van der Waals surface area contributed by atoms with Crippen molar-refractivity contribution in [2.45, 2.75) is 30.6 Å². The standard InChI is InChI=1S/C21H30ClN15O2/c1-27-12-5-3-2-4-11(12)13(23)19(39)36-8-6-21(7-9-36)10-37(26)20(31-21)30-18(38)14-16(32-34-24)29-17(33-35-25)15(22)28-14/h2-5,14,16,23,27-29H,6-10,26H2,1H3,(H2,24,32)(H2,25,33)(H,30,31,38). The number of hydrogen-bond acceptors (Lipinski definition) is 13. The van der Waals surface area contributed by atoms with E-state index in [1.54, 1.807) is 24.1 Å². The molecule has 18 heteroatoms. The molecule has 0 radical (unpaired) electrons. The van der Waals surface area contributed by atoms with Gasteiger partial charge in [-0.2, -0.15) is 0 Å². The summed E-state index contributed by atoms with van der Waals surface area (Å²) in [4.78, 5) is 32.5. The third kappa shape index (κ3) is 5.68. The summed E-state index contributed by atoms with van der Waals surface area (Å²) in [5.74, 6) is 15.8. The van der Waals surface area contributed by atoms with Gasteiger partial charge >= 0.3 is 0 Å². The van der Waals surface area contributed by atoms with Crippen molar-refractivity contribution in [3.63, 3.8) is 0 Å². The summed E-state index contributed by atoms with van der Waals surface area (Å²) in [5.41, 5.74) is 0.563. The molecule has 1 spiro atoms. The monoisotopic (exact) mass is 559 g/mol. The van der Waals surface area contributed by atoms with Gasteiger partial charge in [-0.05, 0) is 18.9 Å². The van der Waals surface area contributed by atoms with Gasteiger partial charge in [0.05, 0.1) is 12.1 Å². The molecule has 0 saturated carbocycles. The number of carbonyl (C=O) groups excluding carboxylic acids is 2. The Morgan fingerprint density at radius 2 is 1.92 bits per heavy atom. The van der Waals surface area contributed by atoms with Crippen LogP contribution in [0, 0.1) is 5.41 Å². The van der Waals surface area contributed by atoms with Gasteiger partial charge in [0, 0.05) is 31.4 Å². The molecule has 2 atom stereocenters. The molecule has 1 aromatic rings. The number of amides is 2. The van der Waals surface area contributed by atoms with Crippen LogP contribution in [-0.4, -0.2) is 77.8 Å². The van der Waals surface area contributed by atoms with Crippen molar-refractivity contribution in [1.29, 1.82) is 5.41 Å². The number of anilines is 1. The van der Waals surface area contributed by atoms with E-state index in [4.69, 9.17) is 39.5 Å². The molecule has 4 rings (SSSR count). The van der Waals surface area contributed by atoms with Crippen molar-refractivity contribution in [3.05, 3.63) is 40.8 Å². The number of aliphatic imine (C=N–C) groups is 1. The maximum Gasteiger partial charge on any atom is 0.272 e. The number of nitrogens with zero attached hydrogens (tertiary/aromatic N) is 7. The fourth-order valence-corrected chi connectivity index (χ4v) is 4.88.